The minimum Gasteiger partial charge on any atom is -0.374 e. The Kier molecular flexibility index (Phi) is 6.22. The molecule has 0 saturated heterocycles. The molecule has 7 nitrogen and oxygen atoms in total. The second-order valence-electron chi connectivity index (χ2n) is 7.07. The lowest BCUT2D eigenvalue weighted by atomic mass is 9.89. The van der Waals surface area contributed by atoms with E-state index < -0.39 is 0 Å². The van der Waals surface area contributed by atoms with Crippen molar-refractivity contribution in [1.82, 2.24) is 20.1 Å². The van der Waals surface area contributed by atoms with Crippen molar-refractivity contribution in [3.63, 3.8) is 0 Å². The van der Waals surface area contributed by atoms with Crippen LogP contribution in [0.25, 0.3) is 0 Å². The first-order chi connectivity index (χ1) is 12.6. The first-order valence-corrected chi connectivity index (χ1v) is 9.18. The number of urea groups is 1. The number of anilines is 1. The fourth-order valence-corrected chi connectivity index (χ4v) is 3.28. The molecule has 2 aromatic rings. The Hall–Kier alpha value is -2.41. The van der Waals surface area contributed by atoms with Gasteiger partial charge < -0.3 is 19.9 Å². The van der Waals surface area contributed by atoms with Crippen molar-refractivity contribution < 1.29 is 9.53 Å². The lowest BCUT2D eigenvalue weighted by Gasteiger charge is -2.26. The van der Waals surface area contributed by atoms with Gasteiger partial charge in [-0.3, -0.25) is 0 Å². The summed E-state index contributed by atoms with van der Waals surface area (Å²) in [7, 11) is 1.84. The van der Waals surface area contributed by atoms with Crippen LogP contribution in [0.15, 0.2) is 30.6 Å². The molecule has 2 amide bonds. The quantitative estimate of drug-likeness (QED) is 0.832. The number of hydrogen-bond acceptors (Lipinski definition) is 4. The predicted molar refractivity (Wildman–Crippen MR) is 99.5 cm³/mol. The van der Waals surface area contributed by atoms with Crippen LogP contribution in [0.4, 0.5) is 10.5 Å². The molecule has 0 aliphatic heterocycles. The zero-order chi connectivity index (χ0) is 18.4. The highest BCUT2D eigenvalue weighted by Crippen LogP contribution is 2.26. The van der Waals surface area contributed by atoms with Gasteiger partial charge in [0, 0.05) is 12.7 Å². The number of aromatic nitrogens is 3. The zero-order valence-corrected chi connectivity index (χ0v) is 15.4. The van der Waals surface area contributed by atoms with E-state index in [2.05, 4.69) is 27.8 Å². The molecule has 1 aliphatic rings. The second-order valence-corrected chi connectivity index (χ2v) is 7.07. The number of rotatable bonds is 6. The SMILES string of the molecule is CC1CCCC(OCc2cccc(NC(=O)NCc3nncn3C)c2)C1. The highest BCUT2D eigenvalue weighted by atomic mass is 16.5. The Labute approximate surface area is 154 Å². The zero-order valence-electron chi connectivity index (χ0n) is 15.4. The highest BCUT2D eigenvalue weighted by Gasteiger charge is 2.19. The van der Waals surface area contributed by atoms with Crippen molar-refractivity contribution in [2.45, 2.75) is 51.9 Å². The van der Waals surface area contributed by atoms with Crippen LogP contribution in [-0.2, 0) is 24.9 Å². The molecule has 1 fully saturated rings. The maximum Gasteiger partial charge on any atom is 0.319 e. The summed E-state index contributed by atoms with van der Waals surface area (Å²) in [4.78, 5) is 12.1. The smallest absolute Gasteiger partial charge is 0.319 e. The van der Waals surface area contributed by atoms with Gasteiger partial charge in [-0.2, -0.15) is 0 Å². The molecule has 1 saturated carbocycles. The summed E-state index contributed by atoms with van der Waals surface area (Å²) >= 11 is 0. The molecule has 26 heavy (non-hydrogen) atoms. The van der Waals surface area contributed by atoms with E-state index in [4.69, 9.17) is 4.74 Å². The molecule has 140 valence electrons. The van der Waals surface area contributed by atoms with Gasteiger partial charge in [0.15, 0.2) is 5.82 Å². The molecule has 1 aromatic carbocycles. The largest absolute Gasteiger partial charge is 0.374 e. The Morgan fingerprint density at radius 1 is 1.38 bits per heavy atom. The summed E-state index contributed by atoms with van der Waals surface area (Å²) in [5, 5.41) is 13.3. The summed E-state index contributed by atoms with van der Waals surface area (Å²) in [6.07, 6.45) is 6.80. The van der Waals surface area contributed by atoms with Gasteiger partial charge in [-0.1, -0.05) is 31.9 Å². The molecular formula is C19H27N5O2. The van der Waals surface area contributed by atoms with Crippen molar-refractivity contribution in [2.75, 3.05) is 5.32 Å². The van der Waals surface area contributed by atoms with E-state index in [9.17, 15) is 4.79 Å². The highest BCUT2D eigenvalue weighted by molar-refractivity contribution is 5.89. The third-order valence-corrected chi connectivity index (χ3v) is 4.77. The van der Waals surface area contributed by atoms with Crippen molar-refractivity contribution in [3.8, 4) is 0 Å². The summed E-state index contributed by atoms with van der Waals surface area (Å²) in [6, 6.07) is 7.50. The van der Waals surface area contributed by atoms with Crippen LogP contribution < -0.4 is 10.6 Å². The number of hydrogen-bond donors (Lipinski definition) is 2. The molecule has 7 heteroatoms. The number of aryl methyl sites for hydroxylation is 1. The van der Waals surface area contributed by atoms with Gasteiger partial charge in [-0.15, -0.1) is 10.2 Å². The monoisotopic (exact) mass is 357 g/mol. The standard InChI is InChI=1S/C19H27N5O2/c1-14-5-3-8-17(9-14)26-12-15-6-4-7-16(10-15)22-19(25)20-11-18-23-21-13-24(18)2/h4,6-7,10,13-14,17H,3,5,8-9,11-12H2,1-2H3,(H2,20,22,25). The maximum atomic E-state index is 12.1. The molecule has 3 rings (SSSR count). The Morgan fingerprint density at radius 2 is 2.27 bits per heavy atom. The van der Waals surface area contributed by atoms with E-state index >= 15 is 0 Å². The van der Waals surface area contributed by atoms with Crippen LogP contribution >= 0.6 is 0 Å². The Morgan fingerprint density at radius 3 is 3.04 bits per heavy atom. The predicted octanol–water partition coefficient (Wildman–Crippen LogP) is 3.23. The topological polar surface area (TPSA) is 81.1 Å². The first-order valence-electron chi connectivity index (χ1n) is 9.18. The van der Waals surface area contributed by atoms with E-state index in [1.807, 2.05) is 31.3 Å². The molecule has 1 aromatic heterocycles. The van der Waals surface area contributed by atoms with Crippen molar-refractivity contribution in [3.05, 3.63) is 42.0 Å². The fraction of sp³-hybridized carbons (Fsp3) is 0.526. The number of carbonyl (C=O) groups excluding carboxylic acids is 1. The molecule has 2 unspecified atom stereocenters. The van der Waals surface area contributed by atoms with Gasteiger partial charge in [-0.25, -0.2) is 4.79 Å². The van der Waals surface area contributed by atoms with Crippen molar-refractivity contribution >= 4 is 11.7 Å². The van der Waals surface area contributed by atoms with Gasteiger partial charge in [0.1, 0.15) is 6.33 Å². The minimum atomic E-state index is -0.271. The molecule has 2 N–H and O–H groups in total. The third-order valence-electron chi connectivity index (χ3n) is 4.77. The maximum absolute atomic E-state index is 12.1. The van der Waals surface area contributed by atoms with Crippen LogP contribution in [0.2, 0.25) is 0 Å². The number of benzene rings is 1. The molecule has 2 atom stereocenters. The molecule has 0 spiro atoms. The van der Waals surface area contributed by atoms with Gasteiger partial charge >= 0.3 is 6.03 Å². The molecule has 1 heterocycles. The van der Waals surface area contributed by atoms with Crippen molar-refractivity contribution in [2.24, 2.45) is 13.0 Å². The second kappa shape index (κ2) is 8.80. The van der Waals surface area contributed by atoms with Crippen LogP contribution in [0, 0.1) is 5.92 Å². The summed E-state index contributed by atoms with van der Waals surface area (Å²) < 4.78 is 7.83. The number of nitrogens with one attached hydrogen (secondary N) is 2. The summed E-state index contributed by atoms with van der Waals surface area (Å²) in [5.74, 6) is 1.45. The Bertz CT molecular complexity index is 730. The van der Waals surface area contributed by atoms with Crippen molar-refractivity contribution in [1.29, 1.82) is 0 Å². The van der Waals surface area contributed by atoms with E-state index in [1.165, 1.54) is 12.8 Å². The normalized spacial score (nSPS) is 19.9. The summed E-state index contributed by atoms with van der Waals surface area (Å²) in [6.45, 7) is 3.19. The molecule has 0 radical (unpaired) electrons. The Balaban J connectivity index is 1.47. The van der Waals surface area contributed by atoms with Gasteiger partial charge in [-0.05, 0) is 36.5 Å². The van der Waals surface area contributed by atoms with Gasteiger partial charge in [0.2, 0.25) is 0 Å². The van der Waals surface area contributed by atoms with E-state index in [0.29, 0.717) is 25.1 Å². The molecule has 1 aliphatic carbocycles. The average molecular weight is 357 g/mol. The van der Waals surface area contributed by atoms with Crippen LogP contribution in [0.5, 0.6) is 0 Å². The third kappa shape index (κ3) is 5.29. The number of ether oxygens (including phenoxy) is 1. The van der Waals surface area contributed by atoms with Crippen LogP contribution in [0.1, 0.15) is 44.0 Å². The lowest BCUT2D eigenvalue weighted by molar-refractivity contribution is 0.00468. The fourth-order valence-electron chi connectivity index (χ4n) is 3.28. The number of amides is 2. The van der Waals surface area contributed by atoms with E-state index in [1.54, 1.807) is 10.9 Å². The van der Waals surface area contributed by atoms with Crippen LogP contribution in [0.3, 0.4) is 0 Å². The first kappa shape index (κ1) is 18.4. The molecular weight excluding hydrogens is 330 g/mol. The van der Waals surface area contributed by atoms with Gasteiger partial charge in [0.05, 0.1) is 19.3 Å². The number of nitrogens with zero attached hydrogens (tertiary/aromatic N) is 3. The minimum absolute atomic E-state index is 0.271. The molecule has 0 bridgehead atoms. The number of carbonyl (C=O) groups is 1. The summed E-state index contributed by atoms with van der Waals surface area (Å²) in [5.41, 5.74) is 1.81. The van der Waals surface area contributed by atoms with E-state index in [-0.39, 0.29) is 6.03 Å². The lowest BCUT2D eigenvalue weighted by Crippen LogP contribution is -2.29. The van der Waals surface area contributed by atoms with Crippen LogP contribution in [-0.4, -0.2) is 26.9 Å². The van der Waals surface area contributed by atoms with E-state index in [0.717, 1.165) is 30.0 Å². The van der Waals surface area contributed by atoms with Gasteiger partial charge in [0.25, 0.3) is 0 Å². The average Bonchev–Trinajstić information content (AvgIpc) is 3.04.